The Morgan fingerprint density at radius 1 is 0.379 bits per heavy atom. The highest BCUT2D eigenvalue weighted by molar-refractivity contribution is 6.17. The van der Waals surface area contributed by atoms with Crippen LogP contribution >= 0.6 is 0 Å². The first-order chi connectivity index (χ1) is 30.8. The Labute approximate surface area is 345 Å². The van der Waals surface area contributed by atoms with Crippen LogP contribution < -0.4 is 4.90 Å². The molecule has 272 valence electrons. The lowest BCUT2D eigenvalue weighted by Gasteiger charge is -2.28. The second-order valence-corrected chi connectivity index (χ2v) is 14.6. The lowest BCUT2D eigenvalue weighted by atomic mass is 9.96. The van der Waals surface area contributed by atoms with E-state index in [4.69, 9.17) is 6.85 Å². The van der Waals surface area contributed by atoms with E-state index in [1.807, 2.05) is 24.3 Å². The van der Waals surface area contributed by atoms with Gasteiger partial charge >= 0.3 is 0 Å². The minimum Gasteiger partial charge on any atom is -0.310 e. The summed E-state index contributed by atoms with van der Waals surface area (Å²) < 4.78 is 44.5. The number of aromatic nitrogens is 1. The van der Waals surface area contributed by atoms with E-state index < -0.39 is 6.04 Å². The number of benzene rings is 10. The van der Waals surface area contributed by atoms with Crippen LogP contribution in [0.5, 0.6) is 0 Å². The Kier molecular flexibility index (Phi) is 6.98. The fourth-order valence-corrected chi connectivity index (χ4v) is 8.50. The van der Waals surface area contributed by atoms with Gasteiger partial charge in [0.25, 0.3) is 0 Å². The van der Waals surface area contributed by atoms with Crippen LogP contribution in [0.2, 0.25) is 0 Å². The zero-order valence-corrected chi connectivity index (χ0v) is 31.4. The van der Waals surface area contributed by atoms with Gasteiger partial charge in [0.1, 0.15) is 0 Å². The van der Waals surface area contributed by atoms with Crippen LogP contribution in [0.25, 0.3) is 82.4 Å². The molecular weight excluding hydrogens is 701 g/mol. The normalized spacial score (nSPS) is 12.7. The van der Waals surface area contributed by atoms with Gasteiger partial charge in [-0.25, -0.2) is 0 Å². The Morgan fingerprint density at radius 3 is 1.67 bits per heavy atom. The summed E-state index contributed by atoms with van der Waals surface area (Å²) in [5, 5.41) is 7.07. The molecule has 0 atom stereocenters. The lowest BCUT2D eigenvalue weighted by Crippen LogP contribution is -2.11. The number of rotatable bonds is 7. The average molecular weight is 744 g/mol. The summed E-state index contributed by atoms with van der Waals surface area (Å²) in [5.41, 5.74) is 11.1. The summed E-state index contributed by atoms with van der Waals surface area (Å²) in [5.74, 6) is 0. The second-order valence-electron chi connectivity index (χ2n) is 14.6. The van der Waals surface area contributed by atoms with Crippen molar-refractivity contribution in [3.05, 3.63) is 230 Å². The number of fused-ring (bicyclic) bond motifs is 5. The standard InChI is InChI=1S/C56H38N2/c1-2-13-39(14-3-1)42-27-32-47(33-28-42)57(48-34-29-43(30-35-48)46-26-25-40-15-4-6-17-44(40)37-46)53-22-10-8-19-50(53)51-21-12-24-55-56(51)52-20-9-11-23-54(52)58(55)49-36-31-41-16-5-7-18-45(41)38-49/h1-38H/i1D,2D,3D,13D,14D. The molecule has 11 aromatic rings. The Bertz CT molecular complexity index is 3550. The van der Waals surface area contributed by atoms with Crippen molar-refractivity contribution in [3.8, 4) is 39.1 Å². The van der Waals surface area contributed by atoms with E-state index in [0.29, 0.717) is 5.56 Å². The molecule has 0 spiro atoms. The van der Waals surface area contributed by atoms with Crippen LogP contribution in [0, 0.1) is 0 Å². The Hall–Kier alpha value is -7.68. The fraction of sp³-hybridized carbons (Fsp3) is 0. The van der Waals surface area contributed by atoms with E-state index in [9.17, 15) is 0 Å². The van der Waals surface area contributed by atoms with Gasteiger partial charge in [-0.3, -0.25) is 0 Å². The van der Waals surface area contributed by atoms with Crippen molar-refractivity contribution in [1.29, 1.82) is 0 Å². The average Bonchev–Trinajstić information content (AvgIpc) is 3.68. The third-order valence-electron chi connectivity index (χ3n) is 11.2. The maximum atomic E-state index is 8.67. The molecule has 0 saturated heterocycles. The third-order valence-corrected chi connectivity index (χ3v) is 11.2. The van der Waals surface area contributed by atoms with Gasteiger partial charge in [0, 0.05) is 33.4 Å². The van der Waals surface area contributed by atoms with Crippen LogP contribution in [-0.4, -0.2) is 4.57 Å². The van der Waals surface area contributed by atoms with Crippen molar-refractivity contribution >= 4 is 60.4 Å². The van der Waals surface area contributed by atoms with Crippen LogP contribution in [-0.2, 0) is 0 Å². The number of nitrogens with zero attached hydrogens (tertiary/aromatic N) is 2. The van der Waals surface area contributed by atoms with E-state index in [1.165, 1.54) is 21.5 Å². The predicted octanol–water partition coefficient (Wildman–Crippen LogP) is 15.6. The molecule has 58 heavy (non-hydrogen) atoms. The molecule has 0 aliphatic rings. The highest BCUT2D eigenvalue weighted by Crippen LogP contribution is 2.46. The van der Waals surface area contributed by atoms with Gasteiger partial charge in [-0.05, 0) is 110 Å². The number of hydrogen-bond acceptors (Lipinski definition) is 1. The van der Waals surface area contributed by atoms with Gasteiger partial charge < -0.3 is 9.47 Å². The third kappa shape index (κ3) is 5.82. The minimum atomic E-state index is -0.407. The summed E-state index contributed by atoms with van der Waals surface area (Å²) in [7, 11) is 0. The van der Waals surface area contributed by atoms with Gasteiger partial charge in [-0.2, -0.15) is 0 Å². The van der Waals surface area contributed by atoms with Crippen molar-refractivity contribution in [1.82, 2.24) is 4.57 Å². The summed E-state index contributed by atoms with van der Waals surface area (Å²) >= 11 is 0. The van der Waals surface area contributed by atoms with Crippen molar-refractivity contribution in [3.63, 3.8) is 0 Å². The first-order valence-corrected chi connectivity index (χ1v) is 19.5. The molecule has 1 heterocycles. The zero-order chi connectivity index (χ0) is 42.8. The fourth-order valence-electron chi connectivity index (χ4n) is 8.50. The molecule has 0 unspecified atom stereocenters. The van der Waals surface area contributed by atoms with Gasteiger partial charge in [0.2, 0.25) is 0 Å². The van der Waals surface area contributed by atoms with Crippen LogP contribution in [0.3, 0.4) is 0 Å². The maximum absolute atomic E-state index is 8.67. The molecule has 0 radical (unpaired) electrons. The van der Waals surface area contributed by atoms with Gasteiger partial charge in [0.15, 0.2) is 0 Å². The monoisotopic (exact) mass is 743 g/mol. The number of para-hydroxylation sites is 2. The molecule has 0 bridgehead atoms. The molecule has 0 fully saturated rings. The molecule has 10 aromatic carbocycles. The molecule has 11 rings (SSSR count). The van der Waals surface area contributed by atoms with Crippen molar-refractivity contribution in [2.24, 2.45) is 0 Å². The van der Waals surface area contributed by atoms with E-state index in [-0.39, 0.29) is 29.7 Å². The van der Waals surface area contributed by atoms with Gasteiger partial charge in [-0.1, -0.05) is 170 Å². The lowest BCUT2D eigenvalue weighted by molar-refractivity contribution is 1.19. The van der Waals surface area contributed by atoms with E-state index in [0.717, 1.165) is 66.8 Å². The predicted molar refractivity (Wildman–Crippen MR) is 247 cm³/mol. The topological polar surface area (TPSA) is 8.17 Å². The van der Waals surface area contributed by atoms with E-state index in [1.54, 1.807) is 0 Å². The molecule has 2 heteroatoms. The molecule has 0 amide bonds. The highest BCUT2D eigenvalue weighted by Gasteiger charge is 2.21. The Balaban J connectivity index is 1.10. The molecule has 0 aliphatic carbocycles. The minimum absolute atomic E-state index is 0.175. The van der Waals surface area contributed by atoms with Gasteiger partial charge in [-0.15, -0.1) is 0 Å². The number of anilines is 3. The van der Waals surface area contributed by atoms with E-state index in [2.05, 4.69) is 185 Å². The summed E-state index contributed by atoms with van der Waals surface area (Å²) in [6, 6.07) is 68.4. The largest absolute Gasteiger partial charge is 0.310 e. The van der Waals surface area contributed by atoms with Crippen molar-refractivity contribution in [2.75, 3.05) is 4.90 Å². The van der Waals surface area contributed by atoms with Crippen LogP contribution in [0.15, 0.2) is 230 Å². The van der Waals surface area contributed by atoms with E-state index >= 15 is 0 Å². The maximum Gasteiger partial charge on any atom is 0.0629 e. The van der Waals surface area contributed by atoms with Crippen molar-refractivity contribution in [2.45, 2.75) is 0 Å². The molecule has 0 aliphatic heterocycles. The SMILES string of the molecule is [2H]c1c([2H])c([2H])c(-c2ccc(N(c3ccc(-c4ccc5ccccc5c4)cc3)c3ccccc3-c3cccc4c3c3ccccc3n4-c3ccc4ccccc4c3)cc2)c([2H])c1[2H]. The summed E-state index contributed by atoms with van der Waals surface area (Å²) in [6.45, 7) is 0. The summed E-state index contributed by atoms with van der Waals surface area (Å²) in [4.78, 5) is 2.24. The highest BCUT2D eigenvalue weighted by atomic mass is 15.1. The van der Waals surface area contributed by atoms with Gasteiger partial charge in [0.05, 0.1) is 23.6 Å². The smallest absolute Gasteiger partial charge is 0.0629 e. The zero-order valence-electron chi connectivity index (χ0n) is 36.4. The van der Waals surface area contributed by atoms with Crippen molar-refractivity contribution < 1.29 is 6.85 Å². The number of hydrogen-bond donors (Lipinski definition) is 0. The first-order valence-electron chi connectivity index (χ1n) is 22.0. The first kappa shape index (κ1) is 28.7. The molecule has 0 saturated carbocycles. The molecule has 0 N–H and O–H groups in total. The van der Waals surface area contributed by atoms with Crippen LogP contribution in [0.4, 0.5) is 17.1 Å². The quantitative estimate of drug-likeness (QED) is 0.158. The second kappa shape index (κ2) is 14.1. The molecule has 1 aromatic heterocycles. The molecular formula is C56H38N2. The van der Waals surface area contributed by atoms with Crippen LogP contribution in [0.1, 0.15) is 6.85 Å². The summed E-state index contributed by atoms with van der Waals surface area (Å²) in [6.07, 6.45) is 0. The Morgan fingerprint density at radius 2 is 0.931 bits per heavy atom. The molecule has 2 nitrogen and oxygen atoms in total.